The van der Waals surface area contributed by atoms with Gasteiger partial charge in [-0.2, -0.15) is 0 Å². The van der Waals surface area contributed by atoms with Crippen molar-refractivity contribution >= 4 is 5.82 Å². The Morgan fingerprint density at radius 2 is 2.26 bits per heavy atom. The van der Waals surface area contributed by atoms with Crippen LogP contribution >= 0.6 is 0 Å². The van der Waals surface area contributed by atoms with Gasteiger partial charge in [0.25, 0.3) is 0 Å². The Balaban J connectivity index is 1.84. The Morgan fingerprint density at radius 3 is 2.95 bits per heavy atom. The molecule has 19 heavy (non-hydrogen) atoms. The predicted octanol–water partition coefficient (Wildman–Crippen LogP) is 0.716. The fraction of sp³-hybridized carbons (Fsp3) is 0.615. The van der Waals surface area contributed by atoms with Crippen LogP contribution in [0.5, 0.6) is 0 Å². The fourth-order valence-electron chi connectivity index (χ4n) is 2.09. The molecule has 0 radical (unpaired) electrons. The Bertz CT molecular complexity index is 409. The first-order chi connectivity index (χ1) is 9.07. The third-order valence-corrected chi connectivity index (χ3v) is 3.06. The molecule has 0 amide bonds. The molecule has 0 spiro atoms. The second-order valence-electron chi connectivity index (χ2n) is 5.07. The van der Waals surface area contributed by atoms with Gasteiger partial charge in [-0.3, -0.25) is 4.90 Å². The van der Waals surface area contributed by atoms with E-state index in [1.165, 1.54) is 18.3 Å². The van der Waals surface area contributed by atoms with Crippen molar-refractivity contribution in [3.63, 3.8) is 0 Å². The van der Waals surface area contributed by atoms with Gasteiger partial charge in [0.2, 0.25) is 0 Å². The van der Waals surface area contributed by atoms with Crippen LogP contribution in [0.4, 0.5) is 10.2 Å². The largest absolute Gasteiger partial charge is 0.387 e. The van der Waals surface area contributed by atoms with Crippen molar-refractivity contribution in [3.8, 4) is 0 Å². The summed E-state index contributed by atoms with van der Waals surface area (Å²) in [6, 6.07) is 2.87. The van der Waals surface area contributed by atoms with Gasteiger partial charge in [-0.25, -0.2) is 9.37 Å². The van der Waals surface area contributed by atoms with Crippen molar-refractivity contribution in [2.24, 2.45) is 0 Å². The summed E-state index contributed by atoms with van der Waals surface area (Å²) in [6.45, 7) is 5.52. The van der Waals surface area contributed by atoms with Gasteiger partial charge in [-0.1, -0.05) is 0 Å². The Kier molecular flexibility index (Phi) is 4.68. The van der Waals surface area contributed by atoms with Crippen LogP contribution in [0.25, 0.3) is 0 Å². The number of rotatable bonds is 5. The normalized spacial score (nSPS) is 19.9. The van der Waals surface area contributed by atoms with E-state index in [4.69, 9.17) is 4.74 Å². The number of nitrogens with zero attached hydrogens (tertiary/aromatic N) is 2. The lowest BCUT2D eigenvalue weighted by atomic mass is 10.1. The van der Waals surface area contributed by atoms with Crippen LogP contribution in [0.1, 0.15) is 6.92 Å². The van der Waals surface area contributed by atoms with E-state index in [2.05, 4.69) is 15.2 Å². The monoisotopic (exact) mass is 269 g/mol. The number of anilines is 1. The molecule has 1 aliphatic heterocycles. The zero-order valence-corrected chi connectivity index (χ0v) is 11.1. The quantitative estimate of drug-likeness (QED) is 0.825. The molecule has 2 rings (SSSR count). The van der Waals surface area contributed by atoms with Gasteiger partial charge >= 0.3 is 0 Å². The number of ether oxygens (including phenoxy) is 1. The molecular formula is C13H20FN3O2. The number of pyridine rings is 1. The van der Waals surface area contributed by atoms with Crippen LogP contribution in [0.2, 0.25) is 0 Å². The van der Waals surface area contributed by atoms with Gasteiger partial charge in [0.1, 0.15) is 0 Å². The van der Waals surface area contributed by atoms with E-state index in [-0.39, 0.29) is 12.4 Å². The molecule has 0 bridgehead atoms. The number of hydrogen-bond acceptors (Lipinski definition) is 5. The number of morpholine rings is 1. The van der Waals surface area contributed by atoms with Gasteiger partial charge in [0.05, 0.1) is 18.8 Å². The average Bonchev–Trinajstić information content (AvgIpc) is 2.38. The van der Waals surface area contributed by atoms with Crippen LogP contribution in [0.3, 0.4) is 0 Å². The summed E-state index contributed by atoms with van der Waals surface area (Å²) >= 11 is 0. The van der Waals surface area contributed by atoms with Gasteiger partial charge in [-0.15, -0.1) is 0 Å². The lowest BCUT2D eigenvalue weighted by Crippen LogP contribution is -2.49. The molecule has 5 nitrogen and oxygen atoms in total. The first kappa shape index (κ1) is 14.2. The summed E-state index contributed by atoms with van der Waals surface area (Å²) in [4.78, 5) is 6.04. The molecule has 106 valence electrons. The van der Waals surface area contributed by atoms with Gasteiger partial charge in [-0.05, 0) is 19.1 Å². The second kappa shape index (κ2) is 6.27. The van der Waals surface area contributed by atoms with Gasteiger partial charge in [0.15, 0.2) is 11.6 Å². The molecular weight excluding hydrogens is 249 g/mol. The molecule has 0 aromatic carbocycles. The molecule has 1 aliphatic rings. The predicted molar refractivity (Wildman–Crippen MR) is 70.6 cm³/mol. The van der Waals surface area contributed by atoms with E-state index in [0.29, 0.717) is 19.8 Å². The van der Waals surface area contributed by atoms with Gasteiger partial charge in [0, 0.05) is 32.4 Å². The zero-order chi connectivity index (χ0) is 13.7. The molecule has 1 saturated heterocycles. The molecule has 0 unspecified atom stereocenters. The Hall–Kier alpha value is -1.24. The summed E-state index contributed by atoms with van der Waals surface area (Å²) in [5.41, 5.74) is -0.943. The lowest BCUT2D eigenvalue weighted by molar-refractivity contribution is -0.0164. The molecule has 0 aliphatic carbocycles. The van der Waals surface area contributed by atoms with Crippen molar-refractivity contribution < 1.29 is 14.2 Å². The third-order valence-electron chi connectivity index (χ3n) is 3.06. The van der Waals surface area contributed by atoms with Crippen LogP contribution in [-0.4, -0.2) is 60.0 Å². The Labute approximate surface area is 112 Å². The number of halogens is 1. The van der Waals surface area contributed by atoms with Crippen molar-refractivity contribution in [1.82, 2.24) is 9.88 Å². The van der Waals surface area contributed by atoms with Crippen LogP contribution in [0, 0.1) is 5.82 Å². The molecule has 0 saturated carbocycles. The smallest absolute Gasteiger partial charge is 0.165 e. The SMILES string of the molecule is C[C@](O)(CNc1ncccc1F)CN1CCOCC1. The van der Waals surface area contributed by atoms with E-state index in [9.17, 15) is 9.50 Å². The van der Waals surface area contributed by atoms with E-state index >= 15 is 0 Å². The molecule has 1 aromatic rings. The maximum Gasteiger partial charge on any atom is 0.165 e. The van der Waals surface area contributed by atoms with Crippen LogP contribution in [-0.2, 0) is 4.74 Å². The summed E-state index contributed by atoms with van der Waals surface area (Å²) in [6.07, 6.45) is 1.52. The van der Waals surface area contributed by atoms with E-state index in [0.717, 1.165) is 13.1 Å². The number of aromatic nitrogens is 1. The molecule has 1 aromatic heterocycles. The first-order valence-electron chi connectivity index (χ1n) is 6.44. The van der Waals surface area contributed by atoms with Crippen molar-refractivity contribution in [2.45, 2.75) is 12.5 Å². The highest BCUT2D eigenvalue weighted by Gasteiger charge is 2.25. The maximum absolute atomic E-state index is 13.4. The van der Waals surface area contributed by atoms with Crippen molar-refractivity contribution in [3.05, 3.63) is 24.1 Å². The summed E-state index contributed by atoms with van der Waals surface area (Å²) < 4.78 is 18.7. The third kappa shape index (κ3) is 4.41. The minimum absolute atomic E-state index is 0.171. The highest BCUT2D eigenvalue weighted by molar-refractivity contribution is 5.35. The van der Waals surface area contributed by atoms with Crippen molar-refractivity contribution in [1.29, 1.82) is 0 Å². The van der Waals surface area contributed by atoms with E-state index in [1.54, 1.807) is 6.92 Å². The highest BCUT2D eigenvalue weighted by Crippen LogP contribution is 2.13. The Morgan fingerprint density at radius 1 is 1.53 bits per heavy atom. The van der Waals surface area contributed by atoms with Crippen LogP contribution in [0.15, 0.2) is 18.3 Å². The van der Waals surface area contributed by atoms with Crippen LogP contribution < -0.4 is 5.32 Å². The molecule has 2 heterocycles. The number of nitrogens with one attached hydrogen (secondary N) is 1. The fourth-order valence-corrected chi connectivity index (χ4v) is 2.09. The lowest BCUT2D eigenvalue weighted by Gasteiger charge is -2.34. The first-order valence-corrected chi connectivity index (χ1v) is 6.44. The topological polar surface area (TPSA) is 57.6 Å². The van der Waals surface area contributed by atoms with Crippen molar-refractivity contribution in [2.75, 3.05) is 44.7 Å². The number of aliphatic hydroxyl groups is 1. The van der Waals surface area contributed by atoms with E-state index in [1.807, 2.05) is 0 Å². The molecule has 2 N–H and O–H groups in total. The highest BCUT2D eigenvalue weighted by atomic mass is 19.1. The number of β-amino-alcohol motifs (C(OH)–C–C–N with tert-alkyl or cyclic N) is 1. The van der Waals surface area contributed by atoms with E-state index < -0.39 is 11.4 Å². The van der Waals surface area contributed by atoms with Gasteiger partial charge < -0.3 is 15.2 Å². The molecule has 6 heteroatoms. The average molecular weight is 269 g/mol. The summed E-state index contributed by atoms with van der Waals surface area (Å²) in [7, 11) is 0. The maximum atomic E-state index is 13.4. The summed E-state index contributed by atoms with van der Waals surface area (Å²) in [5.74, 6) is -0.241. The minimum atomic E-state index is -0.943. The summed E-state index contributed by atoms with van der Waals surface area (Å²) in [5, 5.41) is 13.2. The minimum Gasteiger partial charge on any atom is -0.387 e. The molecule has 1 fully saturated rings. The standard InChI is InChI=1S/C13H20FN3O2/c1-13(18,10-17-5-7-19-8-6-17)9-16-12-11(14)3-2-4-15-12/h2-4,18H,5-10H2,1H3,(H,15,16)/t13-/m0/s1. The zero-order valence-electron chi connectivity index (χ0n) is 11.1. The number of hydrogen-bond donors (Lipinski definition) is 2. The second-order valence-corrected chi connectivity index (χ2v) is 5.07. The molecule has 1 atom stereocenters.